The third kappa shape index (κ3) is 6.57. The van der Waals surface area contributed by atoms with Crippen LogP contribution in [-0.4, -0.2) is 43.1 Å². The van der Waals surface area contributed by atoms with Gasteiger partial charge in [-0.15, -0.1) is 0 Å². The van der Waals surface area contributed by atoms with Gasteiger partial charge in [-0.1, -0.05) is 31.2 Å². The van der Waals surface area contributed by atoms with Gasteiger partial charge in [-0.05, 0) is 57.2 Å². The predicted octanol–water partition coefficient (Wildman–Crippen LogP) is 4.42. The lowest BCUT2D eigenvalue weighted by molar-refractivity contribution is -0.154. The van der Waals surface area contributed by atoms with Crippen LogP contribution in [0.15, 0.2) is 53.8 Å². The van der Waals surface area contributed by atoms with Crippen molar-refractivity contribution in [3.05, 3.63) is 60.2 Å². The van der Waals surface area contributed by atoms with Crippen LogP contribution in [0.3, 0.4) is 0 Å². The molecule has 0 saturated carbocycles. The highest BCUT2D eigenvalue weighted by Gasteiger charge is 2.25. The number of ether oxygens (including phenoxy) is 2. The van der Waals surface area contributed by atoms with Crippen molar-refractivity contribution in [1.82, 2.24) is 15.0 Å². The molecule has 10 heteroatoms. The summed E-state index contributed by atoms with van der Waals surface area (Å²) < 4.78 is 40.0. The van der Waals surface area contributed by atoms with Crippen LogP contribution in [-0.2, 0) is 26.0 Å². The second-order valence-electron chi connectivity index (χ2n) is 9.66. The Morgan fingerprint density at radius 3 is 2.53 bits per heavy atom. The van der Waals surface area contributed by atoms with Crippen molar-refractivity contribution < 1.29 is 22.7 Å². The van der Waals surface area contributed by atoms with Gasteiger partial charge >= 0.3 is 5.97 Å². The zero-order valence-electron chi connectivity index (χ0n) is 21.4. The average Bonchev–Trinajstić information content (AvgIpc) is 2.83. The lowest BCUT2D eigenvalue weighted by Crippen LogP contribution is -2.25. The van der Waals surface area contributed by atoms with Crippen molar-refractivity contribution in [1.29, 1.82) is 0 Å². The molecule has 0 aliphatic rings. The van der Waals surface area contributed by atoms with Crippen LogP contribution in [0.1, 0.15) is 39.0 Å². The molecule has 1 N–H and O–H groups in total. The highest BCUT2D eigenvalue weighted by molar-refractivity contribution is 7.92. The molecule has 0 aliphatic carbocycles. The van der Waals surface area contributed by atoms with Crippen molar-refractivity contribution in [2.75, 3.05) is 18.4 Å². The second-order valence-corrected chi connectivity index (χ2v) is 11.3. The molecule has 1 aromatic carbocycles. The van der Waals surface area contributed by atoms with E-state index in [-0.39, 0.29) is 35.1 Å². The van der Waals surface area contributed by atoms with Crippen LogP contribution >= 0.6 is 0 Å². The first-order valence-corrected chi connectivity index (χ1v) is 13.0. The van der Waals surface area contributed by atoms with Gasteiger partial charge in [0.25, 0.3) is 15.9 Å². The fourth-order valence-electron chi connectivity index (χ4n) is 3.50. The van der Waals surface area contributed by atoms with Crippen LogP contribution < -0.4 is 9.46 Å². The predicted molar refractivity (Wildman–Crippen MR) is 137 cm³/mol. The number of nitrogens with zero attached hydrogens (tertiary/aromatic N) is 3. The highest BCUT2D eigenvalue weighted by Crippen LogP contribution is 2.32. The smallest absolute Gasteiger partial charge is 0.311 e. The molecule has 0 bridgehead atoms. The summed E-state index contributed by atoms with van der Waals surface area (Å²) >= 11 is 0. The molecule has 1 atom stereocenters. The average molecular weight is 513 g/mol. The lowest BCUT2D eigenvalue weighted by Gasteiger charge is -2.20. The Hall–Kier alpha value is -3.53. The maximum atomic E-state index is 13.4. The van der Waals surface area contributed by atoms with Gasteiger partial charge < -0.3 is 9.47 Å². The molecule has 2 aromatic heterocycles. The van der Waals surface area contributed by atoms with Gasteiger partial charge in [0.15, 0.2) is 0 Å². The van der Waals surface area contributed by atoms with E-state index in [0.717, 1.165) is 11.1 Å². The minimum atomic E-state index is -4.08. The van der Waals surface area contributed by atoms with Gasteiger partial charge in [0.05, 0.1) is 31.0 Å². The van der Waals surface area contributed by atoms with Gasteiger partial charge in [-0.25, -0.2) is 18.4 Å². The van der Waals surface area contributed by atoms with Gasteiger partial charge in [0.1, 0.15) is 4.90 Å². The number of sulfonamides is 1. The first kappa shape index (κ1) is 27.1. The van der Waals surface area contributed by atoms with Crippen LogP contribution in [0.2, 0.25) is 0 Å². The number of pyridine rings is 1. The minimum Gasteiger partial charge on any atom is -0.478 e. The molecule has 0 aliphatic heterocycles. The summed E-state index contributed by atoms with van der Waals surface area (Å²) in [5.74, 6) is -0.182. The van der Waals surface area contributed by atoms with Crippen molar-refractivity contribution in [2.45, 2.75) is 45.9 Å². The van der Waals surface area contributed by atoms with E-state index >= 15 is 0 Å². The molecule has 0 radical (unpaired) electrons. The molecule has 0 saturated heterocycles. The van der Waals surface area contributed by atoms with Gasteiger partial charge in [0, 0.05) is 18.0 Å². The van der Waals surface area contributed by atoms with Crippen LogP contribution in [0, 0.1) is 18.3 Å². The fourth-order valence-corrected chi connectivity index (χ4v) is 4.67. The van der Waals surface area contributed by atoms with Crippen molar-refractivity contribution >= 4 is 21.8 Å². The van der Waals surface area contributed by atoms with E-state index in [0.29, 0.717) is 17.7 Å². The number of hydrogen-bond acceptors (Lipinski definition) is 8. The molecule has 0 amide bonds. The van der Waals surface area contributed by atoms with E-state index in [1.807, 2.05) is 52.0 Å². The molecule has 3 rings (SSSR count). The molecule has 3 aromatic rings. The standard InChI is InChI=1S/C26H32N4O5S/c1-17(16-35-25(31)26(3,4)5)13-19-9-7-8-10-20(19)21-11-12-27-15-22(21)36(32,33)30-23-24(34-6)29-18(2)14-28-23/h7-12,14-15,17H,13,16H2,1-6H3,(H,28,30). The van der Waals surface area contributed by atoms with E-state index in [4.69, 9.17) is 9.47 Å². The summed E-state index contributed by atoms with van der Waals surface area (Å²) in [5, 5.41) is 0. The van der Waals surface area contributed by atoms with E-state index in [1.165, 1.54) is 19.5 Å². The SMILES string of the molecule is COc1nc(C)cnc1NS(=O)(=O)c1cnccc1-c1ccccc1CC(C)COC(=O)C(C)(C)C. The third-order valence-corrected chi connectivity index (χ3v) is 6.71. The highest BCUT2D eigenvalue weighted by atomic mass is 32.2. The van der Waals surface area contributed by atoms with Crippen LogP contribution in [0.5, 0.6) is 5.88 Å². The summed E-state index contributed by atoms with van der Waals surface area (Å²) in [5.41, 5.74) is 2.18. The number of hydrogen-bond donors (Lipinski definition) is 1. The van der Waals surface area contributed by atoms with E-state index in [9.17, 15) is 13.2 Å². The summed E-state index contributed by atoms with van der Waals surface area (Å²) in [6.45, 7) is 9.42. The number of rotatable bonds is 9. The Morgan fingerprint density at radius 2 is 1.83 bits per heavy atom. The number of benzene rings is 1. The van der Waals surface area contributed by atoms with Crippen molar-refractivity contribution in [3.63, 3.8) is 0 Å². The molecule has 0 spiro atoms. The van der Waals surface area contributed by atoms with Gasteiger partial charge in [0.2, 0.25) is 5.82 Å². The summed E-state index contributed by atoms with van der Waals surface area (Å²) in [7, 11) is -2.69. The van der Waals surface area contributed by atoms with Gasteiger partial charge in [-0.3, -0.25) is 14.5 Å². The largest absolute Gasteiger partial charge is 0.478 e. The fraction of sp³-hybridized carbons (Fsp3) is 0.385. The third-order valence-electron chi connectivity index (χ3n) is 5.35. The number of carbonyl (C=O) groups excluding carboxylic acids is 1. The zero-order valence-corrected chi connectivity index (χ0v) is 22.2. The number of carbonyl (C=O) groups is 1. The summed E-state index contributed by atoms with van der Waals surface area (Å²) in [6, 6.07) is 9.21. The first-order valence-electron chi connectivity index (χ1n) is 11.5. The van der Waals surface area contributed by atoms with Crippen molar-refractivity contribution in [3.8, 4) is 17.0 Å². The monoisotopic (exact) mass is 512 g/mol. The topological polar surface area (TPSA) is 120 Å². The molecule has 36 heavy (non-hydrogen) atoms. The van der Waals surface area contributed by atoms with Crippen LogP contribution in [0.25, 0.3) is 11.1 Å². The number of aryl methyl sites for hydroxylation is 1. The van der Waals surface area contributed by atoms with E-state index < -0.39 is 15.4 Å². The number of methoxy groups -OCH3 is 1. The van der Waals surface area contributed by atoms with Gasteiger partial charge in [-0.2, -0.15) is 0 Å². The molecular formula is C26H32N4O5S. The second kappa shape index (κ2) is 11.0. The van der Waals surface area contributed by atoms with Crippen molar-refractivity contribution in [2.24, 2.45) is 11.3 Å². The molecule has 9 nitrogen and oxygen atoms in total. The number of esters is 1. The maximum Gasteiger partial charge on any atom is 0.311 e. The molecule has 1 unspecified atom stereocenters. The number of nitrogens with one attached hydrogen (secondary N) is 1. The lowest BCUT2D eigenvalue weighted by atomic mass is 9.93. The molecular weight excluding hydrogens is 480 g/mol. The number of anilines is 1. The normalized spacial score (nSPS) is 12.6. The summed E-state index contributed by atoms with van der Waals surface area (Å²) in [4.78, 5) is 24.5. The Labute approximate surface area is 212 Å². The van der Waals surface area contributed by atoms with E-state index in [2.05, 4.69) is 19.7 Å². The molecule has 0 fully saturated rings. The summed E-state index contributed by atoms with van der Waals surface area (Å²) in [6.07, 6.45) is 4.89. The minimum absolute atomic E-state index is 0.00584. The maximum absolute atomic E-state index is 13.4. The van der Waals surface area contributed by atoms with E-state index in [1.54, 1.807) is 19.2 Å². The Morgan fingerprint density at radius 1 is 1.11 bits per heavy atom. The van der Waals surface area contributed by atoms with Crippen LogP contribution in [0.4, 0.5) is 5.82 Å². The first-order chi connectivity index (χ1) is 16.9. The Kier molecular flexibility index (Phi) is 8.29. The quantitative estimate of drug-likeness (QED) is 0.418. The Bertz CT molecular complexity index is 1340. The zero-order chi connectivity index (χ0) is 26.5. The number of aromatic nitrogens is 3. The Balaban J connectivity index is 1.91. The molecule has 192 valence electrons. The molecule has 2 heterocycles.